The Morgan fingerprint density at radius 1 is 1.14 bits per heavy atom. The van der Waals surface area contributed by atoms with E-state index in [1.165, 1.54) is 6.42 Å². The molecule has 0 radical (unpaired) electrons. The predicted molar refractivity (Wildman–Crippen MR) is 133 cm³/mol. The summed E-state index contributed by atoms with van der Waals surface area (Å²) in [5.41, 5.74) is 2.67. The summed E-state index contributed by atoms with van der Waals surface area (Å²) in [6, 6.07) is 6.17. The van der Waals surface area contributed by atoms with E-state index in [4.69, 9.17) is 14.1 Å². The molecule has 4 heterocycles. The van der Waals surface area contributed by atoms with Gasteiger partial charge in [0, 0.05) is 44.2 Å². The van der Waals surface area contributed by atoms with E-state index < -0.39 is 17.4 Å². The molecule has 1 saturated heterocycles. The summed E-state index contributed by atoms with van der Waals surface area (Å²) in [6.45, 7) is 6.16. The number of fused-ring (bicyclic) bond motifs is 1. The predicted octanol–water partition coefficient (Wildman–Crippen LogP) is 3.16. The van der Waals surface area contributed by atoms with E-state index in [0.717, 1.165) is 36.8 Å². The molecule has 0 aromatic carbocycles. The normalized spacial score (nSPS) is 19.9. The highest BCUT2D eigenvalue weighted by molar-refractivity contribution is 6.35. The van der Waals surface area contributed by atoms with E-state index in [0.29, 0.717) is 62.0 Å². The highest BCUT2D eigenvalue weighted by Crippen LogP contribution is 2.39. The maximum absolute atomic E-state index is 12.8. The van der Waals surface area contributed by atoms with Crippen LogP contribution in [0.5, 0.6) is 0 Å². The summed E-state index contributed by atoms with van der Waals surface area (Å²) in [6.07, 6.45) is 7.45. The number of hydrogen-bond donors (Lipinski definition) is 1. The van der Waals surface area contributed by atoms with Crippen molar-refractivity contribution in [3.8, 4) is 17.5 Å². The molecule has 1 aliphatic carbocycles. The first-order valence-corrected chi connectivity index (χ1v) is 12.8. The van der Waals surface area contributed by atoms with Gasteiger partial charge in [-0.15, -0.1) is 0 Å². The van der Waals surface area contributed by atoms with Crippen LogP contribution in [0.15, 0.2) is 22.8 Å². The average Bonchev–Trinajstić information content (AvgIpc) is 3.42. The fourth-order valence-electron chi connectivity index (χ4n) is 5.48. The first kappa shape index (κ1) is 24.3. The largest absolute Gasteiger partial charge is 0.463 e. The van der Waals surface area contributed by atoms with E-state index in [1.54, 1.807) is 11.2 Å². The van der Waals surface area contributed by atoms with Gasteiger partial charge in [0.05, 0.1) is 24.0 Å². The number of rotatable bonds is 3. The molecule has 0 spiro atoms. The van der Waals surface area contributed by atoms with Gasteiger partial charge in [-0.05, 0) is 44.4 Å². The van der Waals surface area contributed by atoms with E-state index in [2.05, 4.69) is 11.4 Å². The van der Waals surface area contributed by atoms with Gasteiger partial charge in [-0.3, -0.25) is 9.59 Å². The second-order valence-electron chi connectivity index (χ2n) is 10.5. The van der Waals surface area contributed by atoms with Gasteiger partial charge in [0.15, 0.2) is 5.76 Å². The number of nitrogens with zero attached hydrogens (tertiary/aromatic N) is 4. The number of furan rings is 1. The Labute approximate surface area is 211 Å². The summed E-state index contributed by atoms with van der Waals surface area (Å²) in [7, 11) is 0. The number of nitriles is 1. The molecule has 190 valence electrons. The van der Waals surface area contributed by atoms with Crippen LogP contribution in [0.2, 0.25) is 0 Å². The fourth-order valence-corrected chi connectivity index (χ4v) is 5.48. The first-order chi connectivity index (χ1) is 17.4. The summed E-state index contributed by atoms with van der Waals surface area (Å²) in [5, 5.41) is 13.1. The van der Waals surface area contributed by atoms with Gasteiger partial charge in [0.2, 0.25) is 0 Å². The minimum atomic E-state index is -0.512. The average molecular weight is 492 g/mol. The second-order valence-corrected chi connectivity index (χ2v) is 10.5. The van der Waals surface area contributed by atoms with Crippen molar-refractivity contribution in [2.24, 2.45) is 0 Å². The van der Waals surface area contributed by atoms with E-state index in [9.17, 15) is 14.9 Å². The van der Waals surface area contributed by atoms with Crippen LogP contribution < -0.4 is 10.2 Å². The van der Waals surface area contributed by atoms with Gasteiger partial charge in [0.1, 0.15) is 17.6 Å². The number of anilines is 1. The van der Waals surface area contributed by atoms with Crippen LogP contribution in [-0.2, 0) is 27.4 Å². The highest BCUT2D eigenvalue weighted by atomic mass is 16.5. The number of amides is 2. The maximum atomic E-state index is 12.8. The van der Waals surface area contributed by atoms with Crippen LogP contribution >= 0.6 is 0 Å². The number of hydrogen-bond acceptors (Lipinski definition) is 7. The molecule has 2 aromatic rings. The Morgan fingerprint density at radius 2 is 1.89 bits per heavy atom. The standard InChI is InChI=1S/C27H33N5O4/c1-27(2)15-19-20(16-28)24(30-23(21(19)17-36-27)22-9-6-14-35-22)31-10-12-32(13-11-31)26(34)25(33)29-18-7-4-3-5-8-18/h6,9,14,18H,3-5,7-8,10-13,15,17H2,1-2H3,(H,29,33). The lowest BCUT2D eigenvalue weighted by Crippen LogP contribution is -2.54. The summed E-state index contributed by atoms with van der Waals surface area (Å²) < 4.78 is 11.7. The topological polar surface area (TPSA) is 112 Å². The zero-order valence-electron chi connectivity index (χ0n) is 21.0. The highest BCUT2D eigenvalue weighted by Gasteiger charge is 2.35. The summed E-state index contributed by atoms with van der Waals surface area (Å²) in [4.78, 5) is 33.9. The van der Waals surface area contributed by atoms with Gasteiger partial charge in [-0.1, -0.05) is 19.3 Å². The van der Waals surface area contributed by atoms with Crippen molar-refractivity contribution in [3.05, 3.63) is 35.1 Å². The monoisotopic (exact) mass is 491 g/mol. The smallest absolute Gasteiger partial charge is 0.312 e. The third kappa shape index (κ3) is 4.82. The van der Waals surface area contributed by atoms with Gasteiger partial charge in [-0.25, -0.2) is 4.98 Å². The lowest BCUT2D eigenvalue weighted by Gasteiger charge is -2.38. The molecule has 0 unspecified atom stereocenters. The van der Waals surface area contributed by atoms with Crippen LogP contribution in [0.1, 0.15) is 62.6 Å². The molecule has 0 bridgehead atoms. The maximum Gasteiger partial charge on any atom is 0.312 e. The molecule has 0 atom stereocenters. The SMILES string of the molecule is CC1(C)Cc2c(C#N)c(N3CCN(C(=O)C(=O)NC4CCCCC4)CC3)nc(-c3ccco3)c2CO1. The van der Waals surface area contributed by atoms with Crippen molar-refractivity contribution in [1.29, 1.82) is 5.26 Å². The number of pyridine rings is 1. The van der Waals surface area contributed by atoms with Gasteiger partial charge in [-0.2, -0.15) is 5.26 Å². The van der Waals surface area contributed by atoms with E-state index in [1.807, 2.05) is 30.9 Å². The molecule has 2 aromatic heterocycles. The van der Waals surface area contributed by atoms with Crippen molar-refractivity contribution in [2.45, 2.75) is 70.6 Å². The molecule has 2 amide bonds. The zero-order chi connectivity index (χ0) is 25.3. The summed E-state index contributed by atoms with van der Waals surface area (Å²) in [5.74, 6) is 0.240. The number of carbonyl (C=O) groups excluding carboxylic acids is 2. The Kier molecular flexibility index (Phi) is 6.71. The minimum absolute atomic E-state index is 0.0997. The molecule has 2 aliphatic heterocycles. The molecule has 5 rings (SSSR count). The van der Waals surface area contributed by atoms with Gasteiger partial charge in [0.25, 0.3) is 0 Å². The number of aromatic nitrogens is 1. The lowest BCUT2D eigenvalue weighted by molar-refractivity contribution is -0.146. The van der Waals surface area contributed by atoms with Gasteiger partial charge < -0.3 is 24.3 Å². The Hall–Kier alpha value is -3.38. The number of carbonyl (C=O) groups is 2. The van der Waals surface area contributed by atoms with Crippen molar-refractivity contribution in [3.63, 3.8) is 0 Å². The van der Waals surface area contributed by atoms with E-state index >= 15 is 0 Å². The van der Waals surface area contributed by atoms with Crippen LogP contribution in [-0.4, -0.2) is 59.5 Å². The Bertz CT molecular complexity index is 1170. The second kappa shape index (κ2) is 9.94. The molecule has 9 heteroatoms. The minimum Gasteiger partial charge on any atom is -0.463 e. The molecule has 3 aliphatic rings. The van der Waals surface area contributed by atoms with Crippen LogP contribution in [0.3, 0.4) is 0 Å². The molecule has 36 heavy (non-hydrogen) atoms. The third-order valence-corrected chi connectivity index (χ3v) is 7.47. The van der Waals surface area contributed by atoms with Crippen molar-refractivity contribution < 1.29 is 18.7 Å². The quantitative estimate of drug-likeness (QED) is 0.657. The molecule has 2 fully saturated rings. The number of piperazine rings is 1. The van der Waals surface area contributed by atoms with Crippen molar-refractivity contribution in [1.82, 2.24) is 15.2 Å². The zero-order valence-corrected chi connectivity index (χ0v) is 21.0. The first-order valence-electron chi connectivity index (χ1n) is 12.8. The molecule has 9 nitrogen and oxygen atoms in total. The lowest BCUT2D eigenvalue weighted by atomic mass is 9.87. The van der Waals surface area contributed by atoms with Crippen LogP contribution in [0.4, 0.5) is 5.82 Å². The van der Waals surface area contributed by atoms with Crippen LogP contribution in [0.25, 0.3) is 11.5 Å². The summed E-state index contributed by atoms with van der Waals surface area (Å²) >= 11 is 0. The van der Waals surface area contributed by atoms with Crippen molar-refractivity contribution >= 4 is 17.6 Å². The number of ether oxygens (including phenoxy) is 1. The molecular weight excluding hydrogens is 458 g/mol. The molecular formula is C27H33N5O4. The van der Waals surface area contributed by atoms with Gasteiger partial charge >= 0.3 is 11.8 Å². The van der Waals surface area contributed by atoms with Crippen LogP contribution in [0, 0.1) is 11.3 Å². The molecule has 1 N–H and O–H groups in total. The Morgan fingerprint density at radius 3 is 2.56 bits per heavy atom. The van der Waals surface area contributed by atoms with E-state index in [-0.39, 0.29) is 6.04 Å². The third-order valence-electron chi connectivity index (χ3n) is 7.47. The Balaban J connectivity index is 1.36. The number of nitrogens with one attached hydrogen (secondary N) is 1. The fraction of sp³-hybridized carbons (Fsp3) is 0.556. The van der Waals surface area contributed by atoms with Crippen molar-refractivity contribution in [2.75, 3.05) is 31.1 Å². The molecule has 1 saturated carbocycles.